The second kappa shape index (κ2) is 6.57. The van der Waals surface area contributed by atoms with E-state index in [0.717, 1.165) is 5.56 Å². The highest BCUT2D eigenvalue weighted by molar-refractivity contribution is 6.30. The number of nitrogens with zero attached hydrogens (tertiary/aromatic N) is 1. The van der Waals surface area contributed by atoms with Crippen LogP contribution in [0.15, 0.2) is 18.2 Å². The van der Waals surface area contributed by atoms with Gasteiger partial charge in [0.1, 0.15) is 5.82 Å². The van der Waals surface area contributed by atoms with Crippen LogP contribution in [0.4, 0.5) is 4.39 Å². The van der Waals surface area contributed by atoms with Gasteiger partial charge in [0.05, 0.1) is 18.2 Å². The number of carbonyl (C=O) groups is 1. The van der Waals surface area contributed by atoms with E-state index in [4.69, 9.17) is 16.3 Å². The van der Waals surface area contributed by atoms with Crippen LogP contribution in [0.3, 0.4) is 0 Å². The van der Waals surface area contributed by atoms with Crippen LogP contribution in [0.1, 0.15) is 12.5 Å². The number of esters is 1. The topological polar surface area (TPSA) is 29.5 Å². The number of halogens is 2. The maximum atomic E-state index is 13.2. The summed E-state index contributed by atoms with van der Waals surface area (Å²) < 4.78 is 18.0. The first-order chi connectivity index (χ1) is 8.02. The van der Waals surface area contributed by atoms with Crippen molar-refractivity contribution >= 4 is 17.6 Å². The number of hydrogen-bond donors (Lipinski definition) is 0. The van der Waals surface area contributed by atoms with Crippen LogP contribution in [-0.2, 0) is 16.1 Å². The van der Waals surface area contributed by atoms with E-state index in [9.17, 15) is 9.18 Å². The van der Waals surface area contributed by atoms with Gasteiger partial charge in [-0.25, -0.2) is 4.39 Å². The van der Waals surface area contributed by atoms with E-state index in [1.54, 1.807) is 24.9 Å². The molecule has 1 rings (SSSR count). The first-order valence-electron chi connectivity index (χ1n) is 5.31. The molecular weight excluding hydrogens is 245 g/mol. The van der Waals surface area contributed by atoms with E-state index >= 15 is 0 Å². The summed E-state index contributed by atoms with van der Waals surface area (Å²) in [6.07, 6.45) is 0. The lowest BCUT2D eigenvalue weighted by atomic mass is 10.2. The average Bonchev–Trinajstić information content (AvgIpc) is 2.23. The van der Waals surface area contributed by atoms with E-state index in [1.165, 1.54) is 12.1 Å². The molecule has 0 saturated carbocycles. The lowest BCUT2D eigenvalue weighted by Gasteiger charge is -2.15. The van der Waals surface area contributed by atoms with Crippen LogP contribution in [0.25, 0.3) is 0 Å². The lowest BCUT2D eigenvalue weighted by Crippen LogP contribution is -2.27. The van der Waals surface area contributed by atoms with Gasteiger partial charge in [-0.3, -0.25) is 9.69 Å². The van der Waals surface area contributed by atoms with Crippen molar-refractivity contribution in [3.63, 3.8) is 0 Å². The number of hydrogen-bond acceptors (Lipinski definition) is 3. The molecule has 0 aliphatic rings. The van der Waals surface area contributed by atoms with E-state index in [1.807, 2.05) is 0 Å². The van der Waals surface area contributed by atoms with Crippen LogP contribution in [0, 0.1) is 5.82 Å². The second-order valence-electron chi connectivity index (χ2n) is 3.73. The SMILES string of the molecule is CCOC(=O)CN(C)Cc1ccc(Cl)c(F)c1. The van der Waals surface area contributed by atoms with E-state index < -0.39 is 5.82 Å². The molecule has 0 amide bonds. The van der Waals surface area contributed by atoms with Gasteiger partial charge < -0.3 is 4.74 Å². The molecule has 0 aliphatic carbocycles. The van der Waals surface area contributed by atoms with Crippen LogP contribution in [0.5, 0.6) is 0 Å². The molecule has 0 radical (unpaired) electrons. The molecule has 0 saturated heterocycles. The first kappa shape index (κ1) is 13.9. The quantitative estimate of drug-likeness (QED) is 0.761. The van der Waals surface area contributed by atoms with Crippen molar-refractivity contribution in [2.24, 2.45) is 0 Å². The summed E-state index contributed by atoms with van der Waals surface area (Å²) in [7, 11) is 1.77. The van der Waals surface area contributed by atoms with E-state index in [-0.39, 0.29) is 17.5 Å². The number of carbonyl (C=O) groups excluding carboxylic acids is 1. The molecule has 5 heteroatoms. The molecule has 3 nitrogen and oxygen atoms in total. The summed E-state index contributed by atoms with van der Waals surface area (Å²) in [5.74, 6) is -0.738. The van der Waals surface area contributed by atoms with Crippen LogP contribution in [0.2, 0.25) is 5.02 Å². The molecule has 0 unspecified atom stereocenters. The van der Waals surface area contributed by atoms with Crippen LogP contribution < -0.4 is 0 Å². The van der Waals surface area contributed by atoms with Crippen molar-refractivity contribution in [2.45, 2.75) is 13.5 Å². The van der Waals surface area contributed by atoms with E-state index in [0.29, 0.717) is 13.2 Å². The Kier molecular flexibility index (Phi) is 5.38. The standard InChI is InChI=1S/C12H15ClFNO2/c1-3-17-12(16)8-15(2)7-9-4-5-10(13)11(14)6-9/h4-6H,3,7-8H2,1-2H3. The molecule has 0 fully saturated rings. The first-order valence-corrected chi connectivity index (χ1v) is 5.68. The van der Waals surface area contributed by atoms with Crippen molar-refractivity contribution in [3.8, 4) is 0 Å². The minimum absolute atomic E-state index is 0.0989. The Morgan fingerprint density at radius 2 is 2.24 bits per heavy atom. The van der Waals surface area contributed by atoms with Crippen molar-refractivity contribution in [2.75, 3.05) is 20.2 Å². The van der Waals surface area contributed by atoms with Crippen molar-refractivity contribution < 1.29 is 13.9 Å². The normalized spacial score (nSPS) is 10.6. The summed E-state index contributed by atoms with van der Waals surface area (Å²) >= 11 is 5.58. The Balaban J connectivity index is 2.53. The van der Waals surface area contributed by atoms with Gasteiger partial charge in [0, 0.05) is 6.54 Å². The molecule has 0 aromatic heterocycles. The van der Waals surface area contributed by atoms with Gasteiger partial charge >= 0.3 is 5.97 Å². The third-order valence-corrected chi connectivity index (χ3v) is 2.45. The number of ether oxygens (including phenoxy) is 1. The predicted molar refractivity (Wildman–Crippen MR) is 64.4 cm³/mol. The van der Waals surface area contributed by atoms with E-state index in [2.05, 4.69) is 0 Å². The molecule has 0 atom stereocenters. The zero-order valence-corrected chi connectivity index (χ0v) is 10.6. The van der Waals surface area contributed by atoms with Crippen molar-refractivity contribution in [1.29, 1.82) is 0 Å². The molecule has 0 N–H and O–H groups in total. The maximum Gasteiger partial charge on any atom is 0.320 e. The van der Waals surface area contributed by atoms with Gasteiger partial charge in [0.15, 0.2) is 0 Å². The molecule has 0 spiro atoms. The Morgan fingerprint density at radius 1 is 1.53 bits per heavy atom. The Bertz CT molecular complexity index is 398. The van der Waals surface area contributed by atoms with Gasteiger partial charge in [-0.05, 0) is 31.7 Å². The van der Waals surface area contributed by atoms with Crippen molar-refractivity contribution in [1.82, 2.24) is 4.90 Å². The highest BCUT2D eigenvalue weighted by atomic mass is 35.5. The Hall–Kier alpha value is -1.13. The monoisotopic (exact) mass is 259 g/mol. The van der Waals surface area contributed by atoms with Gasteiger partial charge in [-0.1, -0.05) is 17.7 Å². The van der Waals surface area contributed by atoms with Gasteiger partial charge in [0.2, 0.25) is 0 Å². The van der Waals surface area contributed by atoms with Crippen LogP contribution >= 0.6 is 11.6 Å². The fourth-order valence-corrected chi connectivity index (χ4v) is 1.55. The molecule has 1 aromatic rings. The molecule has 0 bridgehead atoms. The van der Waals surface area contributed by atoms with Gasteiger partial charge in [-0.15, -0.1) is 0 Å². The summed E-state index contributed by atoms with van der Waals surface area (Å²) in [5.41, 5.74) is 0.763. The van der Waals surface area contributed by atoms with Gasteiger partial charge in [-0.2, -0.15) is 0 Å². The summed E-state index contributed by atoms with van der Waals surface area (Å²) in [6, 6.07) is 4.60. The summed E-state index contributed by atoms with van der Waals surface area (Å²) in [4.78, 5) is 13.0. The molecular formula is C12H15ClFNO2. The highest BCUT2D eigenvalue weighted by Gasteiger charge is 2.08. The molecule has 17 heavy (non-hydrogen) atoms. The Morgan fingerprint density at radius 3 is 2.82 bits per heavy atom. The molecule has 94 valence electrons. The predicted octanol–water partition coefficient (Wildman–Crippen LogP) is 2.47. The fourth-order valence-electron chi connectivity index (χ4n) is 1.43. The van der Waals surface area contributed by atoms with Crippen LogP contribution in [-0.4, -0.2) is 31.1 Å². The zero-order chi connectivity index (χ0) is 12.8. The molecule has 0 heterocycles. The third kappa shape index (κ3) is 4.71. The number of likely N-dealkylation sites (N-methyl/N-ethyl adjacent to an activating group) is 1. The lowest BCUT2D eigenvalue weighted by molar-refractivity contribution is -0.144. The minimum atomic E-state index is -0.450. The zero-order valence-electron chi connectivity index (χ0n) is 9.87. The molecule has 0 aliphatic heterocycles. The smallest absolute Gasteiger partial charge is 0.320 e. The van der Waals surface area contributed by atoms with Gasteiger partial charge in [0.25, 0.3) is 0 Å². The minimum Gasteiger partial charge on any atom is -0.465 e. The largest absolute Gasteiger partial charge is 0.465 e. The summed E-state index contributed by atoms with van der Waals surface area (Å²) in [5, 5.41) is 0.0989. The molecule has 1 aromatic carbocycles. The Labute approximate surface area is 105 Å². The fraction of sp³-hybridized carbons (Fsp3) is 0.417. The maximum absolute atomic E-state index is 13.2. The summed E-state index contributed by atoms with van der Waals surface area (Å²) in [6.45, 7) is 2.76. The van der Waals surface area contributed by atoms with Crippen molar-refractivity contribution in [3.05, 3.63) is 34.6 Å². The second-order valence-corrected chi connectivity index (χ2v) is 4.13. The average molecular weight is 260 g/mol. The highest BCUT2D eigenvalue weighted by Crippen LogP contribution is 2.16. The third-order valence-electron chi connectivity index (χ3n) is 2.14. The number of rotatable bonds is 5. The number of benzene rings is 1.